The Bertz CT molecular complexity index is 462. The van der Waals surface area contributed by atoms with Crippen molar-refractivity contribution in [2.24, 2.45) is 0 Å². The van der Waals surface area contributed by atoms with Gasteiger partial charge in [-0.25, -0.2) is 0 Å². The average Bonchev–Trinajstić information content (AvgIpc) is 2.75. The van der Waals surface area contributed by atoms with Gasteiger partial charge in [0.2, 0.25) is 5.91 Å². The highest BCUT2D eigenvalue weighted by atomic mass is 16.5. The molecule has 2 rings (SSSR count). The van der Waals surface area contributed by atoms with E-state index in [0.29, 0.717) is 0 Å². The fourth-order valence-corrected chi connectivity index (χ4v) is 2.70. The van der Waals surface area contributed by atoms with E-state index in [0.717, 1.165) is 37.1 Å². The van der Waals surface area contributed by atoms with Crippen LogP contribution in [0.3, 0.4) is 0 Å². The van der Waals surface area contributed by atoms with Crippen molar-refractivity contribution in [1.29, 1.82) is 0 Å². The maximum absolute atomic E-state index is 12.3. The van der Waals surface area contributed by atoms with Crippen LogP contribution >= 0.6 is 0 Å². The fourth-order valence-electron chi connectivity index (χ4n) is 2.70. The quantitative estimate of drug-likeness (QED) is 0.812. The number of methoxy groups -OCH3 is 1. The minimum absolute atomic E-state index is 0.0782. The van der Waals surface area contributed by atoms with E-state index in [-0.39, 0.29) is 18.1 Å². The summed E-state index contributed by atoms with van der Waals surface area (Å²) in [6.45, 7) is 4.89. The van der Waals surface area contributed by atoms with Crippen LogP contribution in [0.25, 0.3) is 0 Å². The van der Waals surface area contributed by atoms with Crippen molar-refractivity contribution in [3.8, 4) is 5.75 Å². The zero-order valence-corrected chi connectivity index (χ0v) is 12.6. The molecule has 0 bridgehead atoms. The Morgan fingerprint density at radius 2 is 2.05 bits per heavy atom. The highest BCUT2D eigenvalue weighted by Crippen LogP contribution is 2.31. The number of ether oxygens (including phenoxy) is 1. The van der Waals surface area contributed by atoms with Crippen LogP contribution in [0.1, 0.15) is 44.8 Å². The van der Waals surface area contributed by atoms with Crippen LogP contribution in [-0.2, 0) is 4.79 Å². The van der Waals surface area contributed by atoms with Crippen molar-refractivity contribution in [2.75, 3.05) is 13.7 Å². The molecule has 1 heterocycles. The van der Waals surface area contributed by atoms with E-state index >= 15 is 0 Å². The van der Waals surface area contributed by atoms with Crippen molar-refractivity contribution in [3.63, 3.8) is 0 Å². The van der Waals surface area contributed by atoms with Gasteiger partial charge in [-0.05, 0) is 19.4 Å². The lowest BCUT2D eigenvalue weighted by Crippen LogP contribution is -2.31. The molecule has 0 aromatic heterocycles. The molecule has 2 atom stereocenters. The summed E-state index contributed by atoms with van der Waals surface area (Å²) in [5.41, 5.74) is 1.03. The third-order valence-electron chi connectivity index (χ3n) is 3.81. The van der Waals surface area contributed by atoms with Gasteiger partial charge in [0, 0.05) is 12.1 Å². The van der Waals surface area contributed by atoms with Gasteiger partial charge in [0.1, 0.15) is 11.9 Å². The normalized spacial score (nSPS) is 22.4. The molecule has 1 aromatic rings. The van der Waals surface area contributed by atoms with E-state index in [1.165, 1.54) is 0 Å². The molecule has 110 valence electrons. The number of hydrogen-bond donors (Lipinski definition) is 1. The molecule has 4 heteroatoms. The first-order chi connectivity index (χ1) is 9.69. The second kappa shape index (κ2) is 6.75. The van der Waals surface area contributed by atoms with Crippen LogP contribution in [0, 0.1) is 0 Å². The van der Waals surface area contributed by atoms with E-state index < -0.39 is 0 Å². The standard InChI is InChI=1S/C16H24N2O2/c1-4-5-8-11-18-15(17-12(2)16(18)19)13-9-6-7-10-14(13)20-3/h6-7,9-10,12,15,17H,4-5,8,11H2,1-3H3. The van der Waals surface area contributed by atoms with Crippen molar-refractivity contribution >= 4 is 5.91 Å². The molecule has 1 N–H and O–H groups in total. The number of para-hydroxylation sites is 1. The summed E-state index contributed by atoms with van der Waals surface area (Å²) >= 11 is 0. The van der Waals surface area contributed by atoms with Gasteiger partial charge in [-0.2, -0.15) is 0 Å². The van der Waals surface area contributed by atoms with Gasteiger partial charge in [0.25, 0.3) is 0 Å². The number of hydrogen-bond acceptors (Lipinski definition) is 3. The molecule has 1 saturated heterocycles. The lowest BCUT2D eigenvalue weighted by atomic mass is 10.1. The summed E-state index contributed by atoms with van der Waals surface area (Å²) in [6, 6.07) is 7.76. The first-order valence-corrected chi connectivity index (χ1v) is 7.38. The minimum atomic E-state index is -0.133. The monoisotopic (exact) mass is 276 g/mol. The van der Waals surface area contributed by atoms with Gasteiger partial charge in [-0.1, -0.05) is 38.0 Å². The van der Waals surface area contributed by atoms with Crippen molar-refractivity contribution in [3.05, 3.63) is 29.8 Å². The molecule has 0 aliphatic carbocycles. The Morgan fingerprint density at radius 3 is 2.75 bits per heavy atom. The number of nitrogens with one attached hydrogen (secondary N) is 1. The van der Waals surface area contributed by atoms with Gasteiger partial charge in [-0.3, -0.25) is 10.1 Å². The molecule has 0 spiro atoms. The van der Waals surface area contributed by atoms with Crippen LogP contribution in [0.4, 0.5) is 0 Å². The number of benzene rings is 1. The van der Waals surface area contributed by atoms with Gasteiger partial charge in [-0.15, -0.1) is 0 Å². The number of unbranched alkanes of at least 4 members (excludes halogenated alkanes) is 2. The summed E-state index contributed by atoms with van der Waals surface area (Å²) in [4.78, 5) is 14.2. The van der Waals surface area contributed by atoms with E-state index in [1.807, 2.05) is 36.1 Å². The van der Waals surface area contributed by atoms with Gasteiger partial charge >= 0.3 is 0 Å². The molecular weight excluding hydrogens is 252 g/mol. The summed E-state index contributed by atoms with van der Waals surface area (Å²) in [6.07, 6.45) is 3.27. The molecular formula is C16H24N2O2. The third kappa shape index (κ3) is 2.96. The van der Waals surface area contributed by atoms with Crippen molar-refractivity contribution < 1.29 is 9.53 Å². The Hall–Kier alpha value is -1.55. The SMILES string of the molecule is CCCCCN1C(=O)C(C)NC1c1ccccc1OC. The van der Waals surface area contributed by atoms with E-state index in [9.17, 15) is 4.79 Å². The Kier molecular flexibility index (Phi) is 5.01. The molecule has 1 aliphatic rings. The topological polar surface area (TPSA) is 41.6 Å². The Labute approximate surface area is 121 Å². The first-order valence-electron chi connectivity index (χ1n) is 7.38. The number of carbonyl (C=O) groups excluding carboxylic acids is 1. The maximum Gasteiger partial charge on any atom is 0.241 e. The number of carbonyl (C=O) groups is 1. The molecule has 1 aromatic carbocycles. The lowest BCUT2D eigenvalue weighted by Gasteiger charge is -2.25. The summed E-state index contributed by atoms with van der Waals surface area (Å²) < 4.78 is 5.42. The highest BCUT2D eigenvalue weighted by Gasteiger charge is 2.37. The predicted octanol–water partition coefficient (Wildman–Crippen LogP) is 2.70. The summed E-state index contributed by atoms with van der Waals surface area (Å²) in [5, 5.41) is 3.37. The van der Waals surface area contributed by atoms with Gasteiger partial charge < -0.3 is 9.64 Å². The second-order valence-corrected chi connectivity index (χ2v) is 5.27. The first kappa shape index (κ1) is 14.9. The third-order valence-corrected chi connectivity index (χ3v) is 3.81. The van der Waals surface area contributed by atoms with Crippen LogP contribution in [0.5, 0.6) is 5.75 Å². The highest BCUT2D eigenvalue weighted by molar-refractivity contribution is 5.84. The largest absolute Gasteiger partial charge is 0.496 e. The van der Waals surface area contributed by atoms with Crippen LogP contribution in [0.2, 0.25) is 0 Å². The van der Waals surface area contributed by atoms with E-state index in [1.54, 1.807) is 7.11 Å². The zero-order chi connectivity index (χ0) is 14.5. The molecule has 2 unspecified atom stereocenters. The fraction of sp³-hybridized carbons (Fsp3) is 0.562. The number of nitrogens with zero attached hydrogens (tertiary/aromatic N) is 1. The van der Waals surface area contributed by atoms with Gasteiger partial charge in [0.15, 0.2) is 0 Å². The van der Waals surface area contributed by atoms with E-state index in [2.05, 4.69) is 12.2 Å². The zero-order valence-electron chi connectivity index (χ0n) is 12.6. The minimum Gasteiger partial charge on any atom is -0.496 e. The summed E-state index contributed by atoms with van der Waals surface area (Å²) in [5.74, 6) is 1.00. The summed E-state index contributed by atoms with van der Waals surface area (Å²) in [7, 11) is 1.67. The molecule has 0 saturated carbocycles. The second-order valence-electron chi connectivity index (χ2n) is 5.27. The Morgan fingerprint density at radius 1 is 1.30 bits per heavy atom. The lowest BCUT2D eigenvalue weighted by molar-refractivity contribution is -0.129. The Balaban J connectivity index is 2.21. The van der Waals surface area contributed by atoms with Crippen LogP contribution in [-0.4, -0.2) is 30.5 Å². The number of amides is 1. The van der Waals surface area contributed by atoms with Crippen molar-refractivity contribution in [2.45, 2.75) is 45.3 Å². The van der Waals surface area contributed by atoms with Crippen molar-refractivity contribution in [1.82, 2.24) is 10.2 Å². The molecule has 1 aliphatic heterocycles. The molecule has 0 radical (unpaired) electrons. The molecule has 1 fully saturated rings. The average molecular weight is 276 g/mol. The predicted molar refractivity (Wildman–Crippen MR) is 79.6 cm³/mol. The maximum atomic E-state index is 12.3. The number of rotatable bonds is 6. The smallest absolute Gasteiger partial charge is 0.241 e. The van der Waals surface area contributed by atoms with Crippen LogP contribution in [0.15, 0.2) is 24.3 Å². The van der Waals surface area contributed by atoms with Crippen LogP contribution < -0.4 is 10.1 Å². The molecule has 20 heavy (non-hydrogen) atoms. The molecule has 1 amide bonds. The molecule has 4 nitrogen and oxygen atoms in total. The van der Waals surface area contributed by atoms with Gasteiger partial charge in [0.05, 0.1) is 13.2 Å². The van der Waals surface area contributed by atoms with E-state index in [4.69, 9.17) is 4.74 Å².